The Morgan fingerprint density at radius 1 is 1.24 bits per heavy atom. The predicted octanol–water partition coefficient (Wildman–Crippen LogP) is 4.32. The van der Waals surface area contributed by atoms with E-state index >= 15 is 0 Å². The van der Waals surface area contributed by atoms with Gasteiger partial charge in [-0.1, -0.05) is 13.8 Å². The van der Waals surface area contributed by atoms with Crippen LogP contribution < -0.4 is 5.32 Å². The minimum absolute atomic E-state index is 0.180. The van der Waals surface area contributed by atoms with Crippen molar-refractivity contribution < 1.29 is 8.78 Å². The van der Waals surface area contributed by atoms with E-state index < -0.39 is 11.6 Å². The van der Waals surface area contributed by atoms with Crippen LogP contribution in [0, 0.1) is 17.0 Å². The van der Waals surface area contributed by atoms with Crippen LogP contribution >= 0.6 is 11.3 Å². The highest BCUT2D eigenvalue weighted by atomic mass is 32.1. The molecule has 0 spiro atoms. The number of hydrogen-bond acceptors (Lipinski definition) is 3. The molecule has 1 heterocycles. The molecule has 2 nitrogen and oxygen atoms in total. The molecule has 21 heavy (non-hydrogen) atoms. The van der Waals surface area contributed by atoms with Crippen LogP contribution in [0.2, 0.25) is 0 Å². The molecule has 1 N–H and O–H groups in total. The first kappa shape index (κ1) is 14.6. The number of rotatable bonds is 2. The largest absolute Gasteiger partial charge is 0.312 e. The van der Waals surface area contributed by atoms with E-state index in [0.29, 0.717) is 10.6 Å². The van der Waals surface area contributed by atoms with Crippen LogP contribution in [0.1, 0.15) is 36.9 Å². The van der Waals surface area contributed by atoms with Crippen molar-refractivity contribution in [3.63, 3.8) is 0 Å². The van der Waals surface area contributed by atoms with Gasteiger partial charge in [-0.15, -0.1) is 11.3 Å². The topological polar surface area (TPSA) is 24.9 Å². The summed E-state index contributed by atoms with van der Waals surface area (Å²) in [4.78, 5) is 5.83. The summed E-state index contributed by atoms with van der Waals surface area (Å²) in [6, 6.07) is 3.82. The molecule has 112 valence electrons. The van der Waals surface area contributed by atoms with Crippen molar-refractivity contribution in [1.29, 1.82) is 0 Å². The zero-order chi connectivity index (χ0) is 15.2. The first-order chi connectivity index (χ1) is 9.88. The van der Waals surface area contributed by atoms with Gasteiger partial charge in [0.2, 0.25) is 0 Å². The zero-order valence-electron chi connectivity index (χ0n) is 12.3. The van der Waals surface area contributed by atoms with E-state index in [4.69, 9.17) is 0 Å². The van der Waals surface area contributed by atoms with Crippen LogP contribution in [0.25, 0.3) is 10.6 Å². The van der Waals surface area contributed by atoms with E-state index in [9.17, 15) is 8.78 Å². The van der Waals surface area contributed by atoms with Crippen molar-refractivity contribution in [2.24, 2.45) is 5.41 Å². The van der Waals surface area contributed by atoms with E-state index in [1.807, 2.05) is 7.05 Å². The molecule has 1 atom stereocenters. The van der Waals surface area contributed by atoms with E-state index in [1.165, 1.54) is 28.3 Å². The SMILES string of the molecule is CNC1CC(C)(C)Cc2nc(-c3cc(F)cc(F)c3)sc21. The van der Waals surface area contributed by atoms with Crippen molar-refractivity contribution in [1.82, 2.24) is 10.3 Å². The molecular weight excluding hydrogens is 290 g/mol. The maximum absolute atomic E-state index is 13.4. The van der Waals surface area contributed by atoms with Crippen molar-refractivity contribution >= 4 is 11.3 Å². The van der Waals surface area contributed by atoms with Gasteiger partial charge in [0.15, 0.2) is 0 Å². The molecular formula is C16H18F2N2S. The lowest BCUT2D eigenvalue weighted by molar-refractivity contribution is 0.265. The number of hydrogen-bond donors (Lipinski definition) is 1. The summed E-state index contributed by atoms with van der Waals surface area (Å²) in [5, 5.41) is 4.02. The number of halogens is 2. The molecule has 0 bridgehead atoms. The van der Waals surface area contributed by atoms with E-state index in [-0.39, 0.29) is 11.5 Å². The third-order valence-corrected chi connectivity index (χ3v) is 5.17. The normalized spacial score (nSPS) is 20.3. The average molecular weight is 308 g/mol. The lowest BCUT2D eigenvalue weighted by atomic mass is 9.76. The third kappa shape index (κ3) is 2.85. The number of aromatic nitrogens is 1. The molecule has 1 aliphatic carbocycles. The predicted molar refractivity (Wildman–Crippen MR) is 81.4 cm³/mol. The van der Waals surface area contributed by atoms with Crippen molar-refractivity contribution in [3.8, 4) is 10.6 Å². The van der Waals surface area contributed by atoms with Crippen molar-refractivity contribution in [2.75, 3.05) is 7.05 Å². The molecule has 2 aromatic rings. The first-order valence-electron chi connectivity index (χ1n) is 7.01. The lowest BCUT2D eigenvalue weighted by Crippen LogP contribution is -2.30. The average Bonchev–Trinajstić information content (AvgIpc) is 2.78. The van der Waals surface area contributed by atoms with Gasteiger partial charge >= 0.3 is 0 Å². The minimum atomic E-state index is -0.566. The fourth-order valence-electron chi connectivity index (χ4n) is 2.97. The molecule has 0 saturated heterocycles. The van der Waals surface area contributed by atoms with E-state index in [2.05, 4.69) is 24.1 Å². The molecule has 5 heteroatoms. The fourth-order valence-corrected chi connectivity index (χ4v) is 4.15. The van der Waals surface area contributed by atoms with Crippen LogP contribution in [-0.4, -0.2) is 12.0 Å². The van der Waals surface area contributed by atoms with E-state index in [0.717, 1.165) is 24.6 Å². The summed E-state index contributed by atoms with van der Waals surface area (Å²) in [6.07, 6.45) is 1.93. The molecule has 0 saturated carbocycles. The standard InChI is InChI=1S/C16H18F2N2S/c1-16(2)7-12(19-3)14-13(8-16)20-15(21-14)9-4-10(17)6-11(18)5-9/h4-6,12,19H,7-8H2,1-3H3. The highest BCUT2D eigenvalue weighted by molar-refractivity contribution is 7.15. The summed E-state index contributed by atoms with van der Waals surface area (Å²) in [6.45, 7) is 4.45. The van der Waals surface area contributed by atoms with E-state index in [1.54, 1.807) is 0 Å². The summed E-state index contributed by atoms with van der Waals surface area (Å²) in [5.41, 5.74) is 1.74. The molecule has 1 aromatic heterocycles. The van der Waals surface area contributed by atoms with Gasteiger partial charge in [0.05, 0.1) is 5.69 Å². The summed E-state index contributed by atoms with van der Waals surface area (Å²) < 4.78 is 26.8. The maximum atomic E-state index is 13.4. The van der Waals surface area contributed by atoms with Crippen LogP contribution in [0.4, 0.5) is 8.78 Å². The monoisotopic (exact) mass is 308 g/mol. The number of nitrogens with zero attached hydrogens (tertiary/aromatic N) is 1. The number of fused-ring (bicyclic) bond motifs is 1. The summed E-state index contributed by atoms with van der Waals surface area (Å²) in [5.74, 6) is -1.13. The third-order valence-electron chi connectivity index (χ3n) is 3.90. The Bertz CT molecular complexity index is 659. The second-order valence-electron chi connectivity index (χ2n) is 6.37. The Morgan fingerprint density at radius 3 is 2.52 bits per heavy atom. The first-order valence-corrected chi connectivity index (χ1v) is 7.83. The Kier molecular flexibility index (Phi) is 3.58. The molecule has 0 amide bonds. The lowest BCUT2D eigenvalue weighted by Gasteiger charge is -2.34. The van der Waals surface area contributed by atoms with Crippen LogP contribution in [-0.2, 0) is 6.42 Å². The van der Waals surface area contributed by atoms with Gasteiger partial charge < -0.3 is 5.32 Å². The highest BCUT2D eigenvalue weighted by Gasteiger charge is 2.34. The van der Waals surface area contributed by atoms with Crippen molar-refractivity contribution in [3.05, 3.63) is 40.4 Å². The van der Waals surface area contributed by atoms with Crippen LogP contribution in [0.3, 0.4) is 0 Å². The van der Waals surface area contributed by atoms with Gasteiger partial charge in [0, 0.05) is 22.5 Å². The number of benzene rings is 1. The molecule has 0 aliphatic heterocycles. The molecule has 1 unspecified atom stereocenters. The van der Waals surface area contributed by atoms with Gasteiger partial charge in [0.1, 0.15) is 16.6 Å². The number of nitrogens with one attached hydrogen (secondary N) is 1. The van der Waals surface area contributed by atoms with Crippen LogP contribution in [0.5, 0.6) is 0 Å². The van der Waals surface area contributed by atoms with Gasteiger partial charge in [-0.2, -0.15) is 0 Å². The molecule has 1 aliphatic rings. The summed E-state index contributed by atoms with van der Waals surface area (Å²) >= 11 is 1.53. The fraction of sp³-hybridized carbons (Fsp3) is 0.438. The number of thiazole rings is 1. The quantitative estimate of drug-likeness (QED) is 0.893. The Hall–Kier alpha value is -1.33. The highest BCUT2D eigenvalue weighted by Crippen LogP contribution is 2.44. The zero-order valence-corrected chi connectivity index (χ0v) is 13.2. The second kappa shape index (κ2) is 5.14. The van der Waals surface area contributed by atoms with Gasteiger partial charge in [0.25, 0.3) is 0 Å². The Morgan fingerprint density at radius 2 is 1.90 bits per heavy atom. The molecule has 0 fully saturated rings. The Balaban J connectivity index is 2.06. The molecule has 3 rings (SSSR count). The molecule has 1 aromatic carbocycles. The van der Waals surface area contributed by atoms with Gasteiger partial charge in [-0.25, -0.2) is 13.8 Å². The maximum Gasteiger partial charge on any atom is 0.126 e. The van der Waals surface area contributed by atoms with Gasteiger partial charge in [-0.3, -0.25) is 0 Å². The van der Waals surface area contributed by atoms with Gasteiger partial charge in [-0.05, 0) is 37.4 Å². The summed E-state index contributed by atoms with van der Waals surface area (Å²) in [7, 11) is 1.94. The second-order valence-corrected chi connectivity index (χ2v) is 7.41. The van der Waals surface area contributed by atoms with Crippen molar-refractivity contribution in [2.45, 2.75) is 32.7 Å². The Labute approximate surface area is 127 Å². The smallest absolute Gasteiger partial charge is 0.126 e. The minimum Gasteiger partial charge on any atom is -0.312 e. The molecule has 0 radical (unpaired) electrons. The van der Waals surface area contributed by atoms with Crippen LogP contribution in [0.15, 0.2) is 18.2 Å².